The molecule has 2 fully saturated rings. The van der Waals surface area contributed by atoms with Crippen LogP contribution in [0.1, 0.15) is 17.5 Å². The molecule has 0 saturated carbocycles. The second-order valence-electron chi connectivity index (χ2n) is 7.19. The number of rotatable bonds is 6. The van der Waals surface area contributed by atoms with Gasteiger partial charge in [0.25, 0.3) is 5.91 Å². The molecular weight excluding hydrogens is 404 g/mol. The van der Waals surface area contributed by atoms with Crippen LogP contribution in [0.5, 0.6) is 0 Å². The minimum absolute atomic E-state index is 0.229. The molecule has 0 spiro atoms. The Morgan fingerprint density at radius 3 is 2.19 bits per heavy atom. The van der Waals surface area contributed by atoms with E-state index in [1.807, 2.05) is 0 Å². The van der Waals surface area contributed by atoms with Gasteiger partial charge in [-0.3, -0.25) is 19.2 Å². The average Bonchev–Trinajstić information content (AvgIpc) is 3.33. The number of hydroxylamine groups is 2. The monoisotopic (exact) mass is 424 g/mol. The molecule has 31 heavy (non-hydrogen) atoms. The van der Waals surface area contributed by atoms with Crippen molar-refractivity contribution in [3.63, 3.8) is 0 Å². The second-order valence-corrected chi connectivity index (χ2v) is 7.19. The number of nitrogens with zero attached hydrogens (tertiary/aromatic N) is 1. The van der Waals surface area contributed by atoms with Crippen LogP contribution in [0.15, 0.2) is 60.7 Å². The number of methoxy groups -OCH3 is 1. The summed E-state index contributed by atoms with van der Waals surface area (Å²) >= 11 is 0. The highest BCUT2D eigenvalue weighted by Gasteiger charge is 2.74. The molecule has 2 aromatic carbocycles. The molecule has 2 aliphatic rings. The van der Waals surface area contributed by atoms with Crippen molar-refractivity contribution in [2.45, 2.75) is 23.6 Å². The largest absolute Gasteiger partial charge is 0.464 e. The molecule has 2 atom stereocenters. The topological polar surface area (TPSA) is 111 Å². The van der Waals surface area contributed by atoms with Crippen molar-refractivity contribution < 1.29 is 33.5 Å². The van der Waals surface area contributed by atoms with Crippen molar-refractivity contribution in [3.8, 4) is 0 Å². The summed E-state index contributed by atoms with van der Waals surface area (Å²) in [6.07, 6.45) is 0.123. The Hall–Kier alpha value is -3.72. The smallest absolute Gasteiger partial charge is 0.376 e. The Bertz CT molecular complexity index is 972. The fourth-order valence-electron chi connectivity index (χ4n) is 4.36. The van der Waals surface area contributed by atoms with E-state index in [-0.39, 0.29) is 13.0 Å². The average molecular weight is 424 g/mol. The molecule has 160 valence electrons. The summed E-state index contributed by atoms with van der Waals surface area (Å²) in [6, 6.07) is 16.6. The first-order chi connectivity index (χ1) is 15.0. The van der Waals surface area contributed by atoms with Gasteiger partial charge in [-0.2, -0.15) is 5.06 Å². The van der Waals surface area contributed by atoms with Crippen LogP contribution < -0.4 is 5.32 Å². The van der Waals surface area contributed by atoms with E-state index in [2.05, 4.69) is 5.32 Å². The maximum absolute atomic E-state index is 13.4. The first-order valence-electron chi connectivity index (χ1n) is 9.59. The number of hydrogen-bond acceptors (Lipinski definition) is 7. The van der Waals surface area contributed by atoms with Crippen LogP contribution >= 0.6 is 0 Å². The summed E-state index contributed by atoms with van der Waals surface area (Å²) in [5.41, 5.74) is -2.63. The molecular formula is C22H20N2O7. The van der Waals surface area contributed by atoms with Crippen LogP contribution in [0.3, 0.4) is 0 Å². The van der Waals surface area contributed by atoms with E-state index in [9.17, 15) is 19.2 Å². The number of esters is 2. The molecule has 2 heterocycles. The van der Waals surface area contributed by atoms with Gasteiger partial charge < -0.3 is 14.8 Å². The molecule has 1 unspecified atom stereocenters. The Morgan fingerprint density at radius 2 is 1.68 bits per heavy atom. The number of carbonyl (C=O) groups excluding carboxylic acids is 4. The van der Waals surface area contributed by atoms with Gasteiger partial charge in [0.05, 0.1) is 13.5 Å². The number of nitrogens with one attached hydrogen (secondary N) is 1. The predicted octanol–water partition coefficient (Wildman–Crippen LogP) is 0.677. The van der Waals surface area contributed by atoms with Crippen LogP contribution in [0.4, 0.5) is 0 Å². The van der Waals surface area contributed by atoms with Gasteiger partial charge in [0.2, 0.25) is 6.41 Å². The highest BCUT2D eigenvalue weighted by atomic mass is 16.8. The Morgan fingerprint density at radius 1 is 1.10 bits per heavy atom. The normalized spacial score (nSPS) is 24.5. The van der Waals surface area contributed by atoms with E-state index in [0.717, 1.165) is 12.2 Å². The zero-order valence-corrected chi connectivity index (χ0v) is 16.6. The molecule has 4 rings (SSSR count). The fourth-order valence-corrected chi connectivity index (χ4v) is 4.36. The van der Waals surface area contributed by atoms with Crippen molar-refractivity contribution in [2.24, 2.45) is 0 Å². The lowest BCUT2D eigenvalue weighted by Gasteiger charge is -2.45. The van der Waals surface area contributed by atoms with E-state index in [1.165, 1.54) is 0 Å². The Balaban J connectivity index is 2.02. The number of ether oxygens (including phenoxy) is 2. The van der Waals surface area contributed by atoms with Crippen LogP contribution in [-0.2, 0) is 38.9 Å². The minimum atomic E-state index is -2.28. The molecule has 0 aromatic heterocycles. The molecule has 9 nitrogen and oxygen atoms in total. The van der Waals surface area contributed by atoms with E-state index in [4.69, 9.17) is 14.3 Å². The summed E-state index contributed by atoms with van der Waals surface area (Å²) in [5, 5.41) is 3.09. The summed E-state index contributed by atoms with van der Waals surface area (Å²) in [4.78, 5) is 55.8. The zero-order chi connectivity index (χ0) is 22.1. The van der Waals surface area contributed by atoms with E-state index >= 15 is 0 Å². The van der Waals surface area contributed by atoms with Gasteiger partial charge in [-0.25, -0.2) is 4.79 Å². The first-order valence-corrected chi connectivity index (χ1v) is 9.59. The van der Waals surface area contributed by atoms with Gasteiger partial charge >= 0.3 is 17.7 Å². The second kappa shape index (κ2) is 7.84. The van der Waals surface area contributed by atoms with E-state index in [1.54, 1.807) is 60.7 Å². The predicted molar refractivity (Wildman–Crippen MR) is 105 cm³/mol. The van der Waals surface area contributed by atoms with Gasteiger partial charge in [-0.15, -0.1) is 0 Å². The quantitative estimate of drug-likeness (QED) is 0.536. The molecule has 2 aliphatic heterocycles. The number of cyclic esters (lactones) is 1. The Labute approximate surface area is 177 Å². The molecule has 2 saturated heterocycles. The number of carbonyl (C=O) groups is 4. The lowest BCUT2D eigenvalue weighted by molar-refractivity contribution is -0.269. The van der Waals surface area contributed by atoms with Crippen molar-refractivity contribution >= 4 is 24.3 Å². The number of amides is 2. The molecule has 2 amide bonds. The van der Waals surface area contributed by atoms with Crippen LogP contribution in [-0.4, -0.2) is 54.8 Å². The lowest BCUT2D eigenvalue weighted by atomic mass is 9.65. The number of hydrogen-bond donors (Lipinski definition) is 1. The lowest BCUT2D eigenvalue weighted by Crippen LogP contribution is -2.67. The van der Waals surface area contributed by atoms with Gasteiger partial charge in [-0.05, 0) is 11.1 Å². The van der Waals surface area contributed by atoms with Crippen LogP contribution in [0.25, 0.3) is 0 Å². The summed E-state index contributed by atoms with van der Waals surface area (Å²) < 4.78 is 10.7. The molecule has 0 aliphatic carbocycles. The van der Waals surface area contributed by atoms with Crippen LogP contribution in [0.2, 0.25) is 0 Å². The summed E-state index contributed by atoms with van der Waals surface area (Å²) in [7, 11) is 1.14. The fraction of sp³-hybridized carbons (Fsp3) is 0.273. The maximum atomic E-state index is 13.4. The standard InChI is InChI=1S/C22H20N2O7/c1-29-20(28)22(24-19(27)17(13-30-24)23-14-25)21(12-18(26)31-22,15-8-4-2-5-9-15)16-10-6-3-7-11-16/h2-11,14,17H,12-13H2,1H3,(H,23,25)/t17-,22?/m0/s1. The molecule has 2 aromatic rings. The first kappa shape index (κ1) is 20.5. The van der Waals surface area contributed by atoms with Crippen molar-refractivity contribution in [1.29, 1.82) is 0 Å². The van der Waals surface area contributed by atoms with Crippen molar-refractivity contribution in [3.05, 3.63) is 71.8 Å². The highest BCUT2D eigenvalue weighted by Crippen LogP contribution is 2.54. The number of benzene rings is 2. The molecule has 0 radical (unpaired) electrons. The summed E-state index contributed by atoms with van der Waals surface area (Å²) in [5.74, 6) is -2.42. The molecule has 1 N–H and O–H groups in total. The summed E-state index contributed by atoms with van der Waals surface area (Å²) in [6.45, 7) is -0.229. The van der Waals surface area contributed by atoms with E-state index in [0.29, 0.717) is 17.5 Å². The molecule has 0 bridgehead atoms. The SMILES string of the molecule is COC(=O)C1(N2OC[C@H](NC=O)C2=O)OC(=O)CC1(c1ccccc1)c1ccccc1. The van der Waals surface area contributed by atoms with Gasteiger partial charge in [0.1, 0.15) is 18.1 Å². The third kappa shape index (κ3) is 2.89. The van der Waals surface area contributed by atoms with Crippen molar-refractivity contribution in [2.75, 3.05) is 13.7 Å². The van der Waals surface area contributed by atoms with Gasteiger partial charge in [0, 0.05) is 0 Å². The third-order valence-electron chi connectivity index (χ3n) is 5.67. The van der Waals surface area contributed by atoms with Gasteiger partial charge in [-0.1, -0.05) is 60.7 Å². The minimum Gasteiger partial charge on any atom is -0.464 e. The third-order valence-corrected chi connectivity index (χ3v) is 5.67. The van der Waals surface area contributed by atoms with Gasteiger partial charge in [0.15, 0.2) is 0 Å². The van der Waals surface area contributed by atoms with Crippen LogP contribution in [0, 0.1) is 0 Å². The highest BCUT2D eigenvalue weighted by molar-refractivity contribution is 5.97. The molecule has 9 heteroatoms. The maximum Gasteiger partial charge on any atom is 0.376 e. The Kier molecular flexibility index (Phi) is 5.20. The van der Waals surface area contributed by atoms with E-state index < -0.39 is 35.0 Å². The van der Waals surface area contributed by atoms with Crippen molar-refractivity contribution in [1.82, 2.24) is 10.4 Å². The zero-order valence-electron chi connectivity index (χ0n) is 16.6.